The van der Waals surface area contributed by atoms with Gasteiger partial charge < -0.3 is 5.32 Å². The number of benzene rings is 1. The number of aromatic nitrogens is 2. The molecule has 0 atom stereocenters. The molecule has 0 aliphatic heterocycles. The Hall–Kier alpha value is -2.30. The van der Waals surface area contributed by atoms with E-state index < -0.39 is 0 Å². The fraction of sp³-hybridized carbons (Fsp3) is 0.0588. The first kappa shape index (κ1) is 15.6. The molecule has 3 aromatic rings. The maximum Gasteiger partial charge on any atom is 0.244 e. The van der Waals surface area contributed by atoms with E-state index >= 15 is 0 Å². The van der Waals surface area contributed by atoms with Gasteiger partial charge in [0.15, 0.2) is 5.15 Å². The highest BCUT2D eigenvalue weighted by atomic mass is 35.5. The first-order valence-corrected chi connectivity index (χ1v) is 7.72. The summed E-state index contributed by atoms with van der Waals surface area (Å²) in [5.74, 6) is -0.230. The van der Waals surface area contributed by atoms with Gasteiger partial charge in [0.25, 0.3) is 0 Å². The number of imidazole rings is 1. The summed E-state index contributed by atoms with van der Waals surface area (Å²) in [5.41, 5.74) is 2.26. The van der Waals surface area contributed by atoms with Crippen molar-refractivity contribution in [2.45, 2.75) is 6.54 Å². The molecule has 0 saturated carbocycles. The summed E-state index contributed by atoms with van der Waals surface area (Å²) in [5, 5.41) is 3.77. The van der Waals surface area contributed by atoms with Crippen LogP contribution in [-0.4, -0.2) is 15.3 Å². The first-order chi connectivity index (χ1) is 11.1. The maximum atomic E-state index is 12.0. The van der Waals surface area contributed by atoms with E-state index in [1.165, 1.54) is 6.08 Å². The van der Waals surface area contributed by atoms with Gasteiger partial charge in [0.05, 0.1) is 5.69 Å². The van der Waals surface area contributed by atoms with Gasteiger partial charge in [0.2, 0.25) is 5.91 Å². The molecule has 0 bridgehead atoms. The third-order valence-corrected chi connectivity index (χ3v) is 3.97. The zero-order chi connectivity index (χ0) is 16.2. The summed E-state index contributed by atoms with van der Waals surface area (Å²) < 4.78 is 1.82. The fourth-order valence-corrected chi connectivity index (χ4v) is 2.62. The zero-order valence-electron chi connectivity index (χ0n) is 12.0. The van der Waals surface area contributed by atoms with E-state index in [0.717, 1.165) is 11.2 Å². The van der Waals surface area contributed by atoms with Crippen LogP contribution in [0.2, 0.25) is 10.2 Å². The molecule has 0 aliphatic carbocycles. The van der Waals surface area contributed by atoms with Crippen LogP contribution in [0.25, 0.3) is 11.7 Å². The number of pyridine rings is 1. The molecule has 1 N–H and O–H groups in total. The molecule has 116 valence electrons. The standard InChI is InChI=1S/C17H13Cl2N3O/c18-13-6-2-1-5-12(13)11-20-16(23)9-8-14-17(19)21-15-7-3-4-10-22(14)15/h1-10H,11H2,(H,20,23). The van der Waals surface area contributed by atoms with Gasteiger partial charge in [0, 0.05) is 23.8 Å². The van der Waals surface area contributed by atoms with Crippen LogP contribution in [0.4, 0.5) is 0 Å². The van der Waals surface area contributed by atoms with Crippen LogP contribution >= 0.6 is 23.2 Å². The fourth-order valence-electron chi connectivity index (χ4n) is 2.17. The van der Waals surface area contributed by atoms with Gasteiger partial charge in [-0.2, -0.15) is 0 Å². The van der Waals surface area contributed by atoms with Crippen LogP contribution in [0.5, 0.6) is 0 Å². The predicted octanol–water partition coefficient (Wildman–Crippen LogP) is 3.97. The van der Waals surface area contributed by atoms with Crippen LogP contribution in [-0.2, 0) is 11.3 Å². The average Bonchev–Trinajstić information content (AvgIpc) is 2.87. The lowest BCUT2D eigenvalue weighted by molar-refractivity contribution is -0.116. The van der Waals surface area contributed by atoms with Crippen molar-refractivity contribution in [3.8, 4) is 0 Å². The van der Waals surface area contributed by atoms with Gasteiger partial charge >= 0.3 is 0 Å². The summed E-state index contributed by atoms with van der Waals surface area (Å²) >= 11 is 12.2. The third-order valence-electron chi connectivity index (χ3n) is 3.33. The minimum Gasteiger partial charge on any atom is -0.348 e. The van der Waals surface area contributed by atoms with Crippen LogP contribution in [0.15, 0.2) is 54.7 Å². The van der Waals surface area contributed by atoms with Crippen molar-refractivity contribution in [1.82, 2.24) is 14.7 Å². The topological polar surface area (TPSA) is 46.4 Å². The van der Waals surface area contributed by atoms with Crippen molar-refractivity contribution < 1.29 is 4.79 Å². The lowest BCUT2D eigenvalue weighted by Crippen LogP contribution is -2.20. The molecule has 2 heterocycles. The van der Waals surface area contributed by atoms with Crippen molar-refractivity contribution in [3.05, 3.63) is 76.2 Å². The van der Waals surface area contributed by atoms with E-state index in [1.54, 1.807) is 12.1 Å². The van der Waals surface area contributed by atoms with Gasteiger partial charge in [-0.3, -0.25) is 9.20 Å². The Morgan fingerprint density at radius 2 is 1.96 bits per heavy atom. The quantitative estimate of drug-likeness (QED) is 0.727. The second kappa shape index (κ2) is 6.86. The van der Waals surface area contributed by atoms with Crippen molar-refractivity contribution in [2.75, 3.05) is 0 Å². The summed E-state index contributed by atoms with van der Waals surface area (Å²) in [6.45, 7) is 0.365. The molecule has 1 aromatic carbocycles. The van der Waals surface area contributed by atoms with Crippen molar-refractivity contribution >= 4 is 40.8 Å². The second-order valence-electron chi connectivity index (χ2n) is 4.86. The maximum absolute atomic E-state index is 12.0. The van der Waals surface area contributed by atoms with Gasteiger partial charge in [-0.1, -0.05) is 47.5 Å². The molecule has 0 radical (unpaired) electrons. The Morgan fingerprint density at radius 1 is 1.17 bits per heavy atom. The van der Waals surface area contributed by atoms with Gasteiger partial charge in [-0.15, -0.1) is 0 Å². The van der Waals surface area contributed by atoms with E-state index in [-0.39, 0.29) is 5.91 Å². The molecular formula is C17H13Cl2N3O. The summed E-state index contributed by atoms with van der Waals surface area (Å²) in [4.78, 5) is 16.2. The van der Waals surface area contributed by atoms with E-state index in [1.807, 2.05) is 47.0 Å². The summed E-state index contributed by atoms with van der Waals surface area (Å²) in [7, 11) is 0. The smallest absolute Gasteiger partial charge is 0.244 e. The highest BCUT2D eigenvalue weighted by Gasteiger charge is 2.07. The van der Waals surface area contributed by atoms with Crippen LogP contribution < -0.4 is 5.32 Å². The predicted molar refractivity (Wildman–Crippen MR) is 92.5 cm³/mol. The van der Waals surface area contributed by atoms with E-state index in [0.29, 0.717) is 22.4 Å². The zero-order valence-corrected chi connectivity index (χ0v) is 13.6. The van der Waals surface area contributed by atoms with E-state index in [9.17, 15) is 4.79 Å². The largest absolute Gasteiger partial charge is 0.348 e. The lowest BCUT2D eigenvalue weighted by Gasteiger charge is -2.04. The minimum absolute atomic E-state index is 0.230. The highest BCUT2D eigenvalue weighted by Crippen LogP contribution is 2.19. The summed E-state index contributed by atoms with van der Waals surface area (Å²) in [6.07, 6.45) is 4.92. The number of nitrogens with one attached hydrogen (secondary N) is 1. The van der Waals surface area contributed by atoms with Gasteiger partial charge in [-0.05, 0) is 29.8 Å². The monoisotopic (exact) mass is 345 g/mol. The Labute approximate surface area is 143 Å². The van der Waals surface area contributed by atoms with Crippen LogP contribution in [0, 0.1) is 0 Å². The van der Waals surface area contributed by atoms with E-state index in [2.05, 4.69) is 10.3 Å². The Kier molecular flexibility index (Phi) is 4.65. The number of rotatable bonds is 4. The van der Waals surface area contributed by atoms with Gasteiger partial charge in [0.1, 0.15) is 5.65 Å². The SMILES string of the molecule is O=C(C=Cc1c(Cl)nc2ccccn12)NCc1ccccc1Cl. The molecule has 0 spiro atoms. The van der Waals surface area contributed by atoms with Crippen molar-refractivity contribution in [2.24, 2.45) is 0 Å². The number of nitrogens with zero attached hydrogens (tertiary/aromatic N) is 2. The van der Waals surface area contributed by atoms with E-state index in [4.69, 9.17) is 23.2 Å². The molecular weight excluding hydrogens is 333 g/mol. The number of hydrogen-bond acceptors (Lipinski definition) is 2. The molecule has 6 heteroatoms. The molecule has 0 saturated heterocycles. The molecule has 1 amide bonds. The first-order valence-electron chi connectivity index (χ1n) is 6.97. The number of halogens is 2. The lowest BCUT2D eigenvalue weighted by atomic mass is 10.2. The Balaban J connectivity index is 1.71. The van der Waals surface area contributed by atoms with Crippen molar-refractivity contribution in [1.29, 1.82) is 0 Å². The summed E-state index contributed by atoms with van der Waals surface area (Å²) in [6, 6.07) is 13.0. The molecule has 0 unspecified atom stereocenters. The normalized spacial score (nSPS) is 11.2. The minimum atomic E-state index is -0.230. The number of hydrogen-bond donors (Lipinski definition) is 1. The average molecular weight is 346 g/mol. The number of carbonyl (C=O) groups is 1. The van der Waals surface area contributed by atoms with Crippen LogP contribution in [0.1, 0.15) is 11.3 Å². The number of fused-ring (bicyclic) bond motifs is 1. The molecule has 0 fully saturated rings. The van der Waals surface area contributed by atoms with Crippen LogP contribution in [0.3, 0.4) is 0 Å². The number of carbonyl (C=O) groups excluding carboxylic acids is 1. The third kappa shape index (κ3) is 3.55. The second-order valence-corrected chi connectivity index (χ2v) is 5.62. The molecule has 23 heavy (non-hydrogen) atoms. The molecule has 3 rings (SSSR count). The van der Waals surface area contributed by atoms with Crippen molar-refractivity contribution in [3.63, 3.8) is 0 Å². The number of amides is 1. The molecule has 0 aliphatic rings. The van der Waals surface area contributed by atoms with Gasteiger partial charge in [-0.25, -0.2) is 4.98 Å². The molecule has 4 nitrogen and oxygen atoms in total. The molecule has 2 aromatic heterocycles. The Bertz CT molecular complexity index is 886. The highest BCUT2D eigenvalue weighted by molar-refractivity contribution is 6.31. The Morgan fingerprint density at radius 3 is 2.78 bits per heavy atom.